The molecule has 4 rings (SSSR count). The molecule has 6 nitrogen and oxygen atoms in total. The summed E-state index contributed by atoms with van der Waals surface area (Å²) in [5.41, 5.74) is 3.07. The number of aromatic hydroxyl groups is 1. The van der Waals surface area contributed by atoms with E-state index in [9.17, 15) is 15.2 Å². The third kappa shape index (κ3) is 3.90. The van der Waals surface area contributed by atoms with Gasteiger partial charge in [-0.1, -0.05) is 29.8 Å². The minimum absolute atomic E-state index is 0.0796. The second-order valence-corrected chi connectivity index (χ2v) is 7.98. The third-order valence-electron chi connectivity index (χ3n) is 5.37. The Morgan fingerprint density at radius 2 is 1.84 bits per heavy atom. The lowest BCUT2D eigenvalue weighted by Crippen LogP contribution is -2.48. The highest BCUT2D eigenvalue weighted by Gasteiger charge is 2.24. The van der Waals surface area contributed by atoms with Crippen molar-refractivity contribution in [3.63, 3.8) is 0 Å². The van der Waals surface area contributed by atoms with E-state index in [4.69, 9.17) is 23.2 Å². The number of carbonyl (C=O) groups is 1. The first kappa shape index (κ1) is 21.0. The smallest absolute Gasteiger partial charge is 0.246 e. The van der Waals surface area contributed by atoms with Crippen molar-refractivity contribution in [2.24, 2.45) is 0 Å². The molecule has 0 bridgehead atoms. The van der Waals surface area contributed by atoms with Crippen LogP contribution in [0.25, 0.3) is 22.0 Å². The summed E-state index contributed by atoms with van der Waals surface area (Å²) in [7, 11) is 0. The number of amides is 1. The molecule has 0 unspecified atom stereocenters. The summed E-state index contributed by atoms with van der Waals surface area (Å²) in [5, 5.41) is 21.2. The second kappa shape index (κ2) is 8.46. The number of aromatic nitrogens is 1. The molecule has 1 saturated heterocycles. The van der Waals surface area contributed by atoms with Crippen LogP contribution in [-0.2, 0) is 4.79 Å². The number of fused-ring (bicyclic) bond motifs is 1. The number of halogens is 2. The number of phenolic OH excluding ortho intramolecular Hbond substituents is 1. The molecule has 0 radical (unpaired) electrons. The molecule has 8 heteroatoms. The van der Waals surface area contributed by atoms with Gasteiger partial charge in [-0.2, -0.15) is 5.26 Å². The summed E-state index contributed by atoms with van der Waals surface area (Å²) in [6.07, 6.45) is 2.85. The summed E-state index contributed by atoms with van der Waals surface area (Å²) < 4.78 is 0. The summed E-state index contributed by atoms with van der Waals surface area (Å²) in [5.74, 6) is -0.0218. The molecule has 1 aromatic heterocycles. The molecule has 0 atom stereocenters. The average Bonchev–Trinajstić information content (AvgIpc) is 2.79. The zero-order chi connectivity index (χ0) is 22.1. The number of rotatable bonds is 3. The molecule has 2 heterocycles. The Balaban J connectivity index is 1.80. The molecule has 3 aromatic rings. The minimum atomic E-state index is -0.101. The Kier molecular flexibility index (Phi) is 5.73. The number of benzene rings is 2. The van der Waals surface area contributed by atoms with Crippen LogP contribution in [0.1, 0.15) is 5.56 Å². The molecule has 1 aliphatic rings. The number of pyridine rings is 1. The van der Waals surface area contributed by atoms with Crippen molar-refractivity contribution >= 4 is 45.7 Å². The zero-order valence-corrected chi connectivity index (χ0v) is 18.0. The van der Waals surface area contributed by atoms with E-state index in [0.29, 0.717) is 58.4 Å². The SMILES string of the molecule is C=CC(=O)N1CCN(c2c(C#N)cnc3cc(-c4cc(O)ccc4Cl)c(Cl)cc23)CC1. The van der Waals surface area contributed by atoms with E-state index in [-0.39, 0.29) is 11.7 Å². The molecule has 1 aliphatic heterocycles. The van der Waals surface area contributed by atoms with E-state index in [1.54, 1.807) is 35.4 Å². The van der Waals surface area contributed by atoms with Crippen molar-refractivity contribution in [3.05, 3.63) is 64.8 Å². The molecule has 0 spiro atoms. The fourth-order valence-electron chi connectivity index (χ4n) is 3.83. The van der Waals surface area contributed by atoms with Crippen LogP contribution in [0.4, 0.5) is 5.69 Å². The van der Waals surface area contributed by atoms with Crippen LogP contribution in [0.15, 0.2) is 49.2 Å². The van der Waals surface area contributed by atoms with E-state index in [1.807, 2.05) is 0 Å². The number of phenols is 1. The first-order valence-corrected chi connectivity index (χ1v) is 10.4. The highest BCUT2D eigenvalue weighted by Crippen LogP contribution is 2.40. The summed E-state index contributed by atoms with van der Waals surface area (Å²) in [6.45, 7) is 5.75. The van der Waals surface area contributed by atoms with Crippen molar-refractivity contribution in [1.29, 1.82) is 5.26 Å². The van der Waals surface area contributed by atoms with Gasteiger partial charge in [-0.3, -0.25) is 9.78 Å². The molecular weight excluding hydrogens is 435 g/mol. The predicted molar refractivity (Wildman–Crippen MR) is 123 cm³/mol. The maximum absolute atomic E-state index is 11.9. The average molecular weight is 453 g/mol. The number of piperazine rings is 1. The number of hydrogen-bond acceptors (Lipinski definition) is 5. The first-order valence-electron chi connectivity index (χ1n) is 9.60. The molecule has 31 heavy (non-hydrogen) atoms. The molecular formula is C23H18Cl2N4O2. The largest absolute Gasteiger partial charge is 0.508 e. The van der Waals surface area contributed by atoms with Crippen LogP contribution in [0.3, 0.4) is 0 Å². The van der Waals surface area contributed by atoms with Gasteiger partial charge in [0.2, 0.25) is 5.91 Å². The quantitative estimate of drug-likeness (QED) is 0.586. The summed E-state index contributed by atoms with van der Waals surface area (Å²) in [4.78, 5) is 20.2. The third-order valence-corrected chi connectivity index (χ3v) is 6.01. The van der Waals surface area contributed by atoms with Crippen LogP contribution >= 0.6 is 23.2 Å². The molecule has 0 saturated carbocycles. The van der Waals surface area contributed by atoms with Crippen LogP contribution < -0.4 is 4.90 Å². The lowest BCUT2D eigenvalue weighted by atomic mass is 10.0. The van der Waals surface area contributed by atoms with Crippen molar-refractivity contribution < 1.29 is 9.90 Å². The van der Waals surface area contributed by atoms with Gasteiger partial charge >= 0.3 is 0 Å². The predicted octanol–water partition coefficient (Wildman–Crippen LogP) is 4.62. The Hall–Kier alpha value is -3.27. The first-order chi connectivity index (χ1) is 14.9. The Labute approximate surface area is 189 Å². The monoisotopic (exact) mass is 452 g/mol. The maximum atomic E-state index is 11.9. The topological polar surface area (TPSA) is 80.5 Å². The lowest BCUT2D eigenvalue weighted by molar-refractivity contribution is -0.126. The normalized spacial score (nSPS) is 13.8. The fraction of sp³-hybridized carbons (Fsp3) is 0.174. The van der Waals surface area contributed by atoms with Gasteiger partial charge in [-0.15, -0.1) is 0 Å². The number of nitriles is 1. The highest BCUT2D eigenvalue weighted by atomic mass is 35.5. The standard InChI is InChI=1S/C23H18Cl2N4O2/c1-2-22(31)28-5-7-29(8-6-28)23-14(12-26)13-27-21-11-17(20(25)10-18(21)23)16-9-15(30)3-4-19(16)24/h2-4,9-11,13,30H,1,5-8H2. The molecule has 156 valence electrons. The van der Waals surface area contributed by atoms with Crippen molar-refractivity contribution in [3.8, 4) is 22.9 Å². The van der Waals surface area contributed by atoms with Crippen LogP contribution in [0, 0.1) is 11.3 Å². The zero-order valence-electron chi connectivity index (χ0n) is 16.5. The van der Waals surface area contributed by atoms with E-state index in [2.05, 4.69) is 22.5 Å². The van der Waals surface area contributed by atoms with Crippen LogP contribution in [0.2, 0.25) is 10.0 Å². The van der Waals surface area contributed by atoms with E-state index < -0.39 is 0 Å². The number of anilines is 1. The molecule has 0 aliphatic carbocycles. The van der Waals surface area contributed by atoms with E-state index in [1.165, 1.54) is 12.1 Å². The van der Waals surface area contributed by atoms with Crippen LogP contribution in [0.5, 0.6) is 5.75 Å². The van der Waals surface area contributed by atoms with Gasteiger partial charge in [-0.05, 0) is 36.4 Å². The minimum Gasteiger partial charge on any atom is -0.508 e. The highest BCUT2D eigenvalue weighted by molar-refractivity contribution is 6.37. The maximum Gasteiger partial charge on any atom is 0.246 e. The van der Waals surface area contributed by atoms with Gasteiger partial charge in [0, 0.05) is 58.9 Å². The Morgan fingerprint density at radius 1 is 1.13 bits per heavy atom. The van der Waals surface area contributed by atoms with Crippen molar-refractivity contribution in [1.82, 2.24) is 9.88 Å². The summed E-state index contributed by atoms with van der Waals surface area (Å²) >= 11 is 12.9. The molecule has 1 N–H and O–H groups in total. The molecule has 1 amide bonds. The van der Waals surface area contributed by atoms with E-state index in [0.717, 1.165) is 11.1 Å². The van der Waals surface area contributed by atoms with Crippen molar-refractivity contribution in [2.45, 2.75) is 0 Å². The Morgan fingerprint density at radius 3 is 2.52 bits per heavy atom. The molecule has 2 aromatic carbocycles. The van der Waals surface area contributed by atoms with Gasteiger partial charge in [0.25, 0.3) is 0 Å². The van der Waals surface area contributed by atoms with Gasteiger partial charge in [0.15, 0.2) is 0 Å². The Bertz CT molecular complexity index is 1240. The van der Waals surface area contributed by atoms with Gasteiger partial charge < -0.3 is 14.9 Å². The van der Waals surface area contributed by atoms with Gasteiger partial charge in [-0.25, -0.2) is 0 Å². The fourth-order valence-corrected chi connectivity index (χ4v) is 4.31. The van der Waals surface area contributed by atoms with E-state index >= 15 is 0 Å². The number of hydrogen-bond donors (Lipinski definition) is 1. The number of carbonyl (C=O) groups excluding carboxylic acids is 1. The lowest BCUT2D eigenvalue weighted by Gasteiger charge is -2.36. The second-order valence-electron chi connectivity index (χ2n) is 7.16. The summed E-state index contributed by atoms with van der Waals surface area (Å²) in [6, 6.07) is 10.5. The van der Waals surface area contributed by atoms with Gasteiger partial charge in [0.1, 0.15) is 11.8 Å². The van der Waals surface area contributed by atoms with Crippen LogP contribution in [-0.4, -0.2) is 47.1 Å². The molecule has 1 fully saturated rings. The van der Waals surface area contributed by atoms with Crippen molar-refractivity contribution in [2.75, 3.05) is 31.1 Å². The number of nitrogens with zero attached hydrogens (tertiary/aromatic N) is 4. The van der Waals surface area contributed by atoms with Gasteiger partial charge in [0.05, 0.1) is 16.8 Å².